The van der Waals surface area contributed by atoms with E-state index >= 15 is 0 Å². The highest BCUT2D eigenvalue weighted by Crippen LogP contribution is 2.19. The van der Waals surface area contributed by atoms with E-state index in [1.807, 2.05) is 6.26 Å². The maximum absolute atomic E-state index is 10.1. The lowest BCUT2D eigenvalue weighted by Crippen LogP contribution is -2.29. The predicted octanol–water partition coefficient (Wildman–Crippen LogP) is -1.21. The van der Waals surface area contributed by atoms with Crippen LogP contribution in [0.25, 0.3) is 0 Å². The van der Waals surface area contributed by atoms with Crippen LogP contribution in [-0.4, -0.2) is 17.8 Å². The van der Waals surface area contributed by atoms with Crippen LogP contribution in [0.3, 0.4) is 0 Å². The first kappa shape index (κ1) is 9.66. The van der Waals surface area contributed by atoms with E-state index in [0.717, 1.165) is 5.75 Å². The van der Waals surface area contributed by atoms with Crippen molar-refractivity contribution >= 4 is 20.1 Å². The summed E-state index contributed by atoms with van der Waals surface area (Å²) >= 11 is 1.61. The molecule has 0 bridgehead atoms. The minimum absolute atomic E-state index is 0.572. The van der Waals surface area contributed by atoms with Gasteiger partial charge in [-0.2, -0.15) is 11.8 Å². The third-order valence-corrected chi connectivity index (χ3v) is 2.47. The topological polar surface area (TPSA) is 72.1 Å². The van der Waals surface area contributed by atoms with Crippen molar-refractivity contribution in [2.24, 2.45) is 5.73 Å². The van der Waals surface area contributed by atoms with Crippen molar-refractivity contribution in [1.82, 2.24) is 0 Å². The molecule has 5 heteroatoms. The maximum Gasteiger partial charge on any atom is 0.104 e. The Morgan fingerprint density at radius 2 is 2.22 bits per heavy atom. The second-order valence-electron chi connectivity index (χ2n) is 1.71. The molecule has 0 aliphatic rings. The molecular formula is C4H11NO2PS-. The lowest BCUT2D eigenvalue weighted by molar-refractivity contribution is -0.295. The zero-order chi connectivity index (χ0) is 7.28. The summed E-state index contributed by atoms with van der Waals surface area (Å²) in [7, 11) is -2.72. The second kappa shape index (κ2) is 5.45. The minimum atomic E-state index is -2.72. The van der Waals surface area contributed by atoms with Crippen LogP contribution in [0, 0.1) is 0 Å². The monoisotopic (exact) mass is 168 g/mol. The van der Waals surface area contributed by atoms with E-state index in [1.54, 1.807) is 11.8 Å². The Bertz CT molecular complexity index is 73.6. The molecule has 0 amide bonds. The van der Waals surface area contributed by atoms with Gasteiger partial charge in [-0.1, -0.05) is 8.38 Å². The molecule has 0 fully saturated rings. The van der Waals surface area contributed by atoms with Gasteiger partial charge in [-0.3, -0.25) is 5.73 Å². The van der Waals surface area contributed by atoms with Crippen LogP contribution >= 0.6 is 20.1 Å². The molecule has 1 atom stereocenters. The molecule has 0 rings (SSSR count). The normalized spacial score (nSPS) is 14.3. The smallest absolute Gasteiger partial charge is 0.104 e. The van der Waals surface area contributed by atoms with Gasteiger partial charge in [0.1, 0.15) is 5.78 Å². The van der Waals surface area contributed by atoms with E-state index in [-0.39, 0.29) is 0 Å². The van der Waals surface area contributed by atoms with Crippen molar-refractivity contribution in [3.63, 3.8) is 0 Å². The highest BCUT2D eigenvalue weighted by molar-refractivity contribution is 7.98. The average Bonchev–Trinajstić information content (AvgIpc) is 1.82. The molecule has 3 nitrogen and oxygen atoms in total. The van der Waals surface area contributed by atoms with Crippen molar-refractivity contribution in [2.75, 3.05) is 12.0 Å². The van der Waals surface area contributed by atoms with Gasteiger partial charge in [0.15, 0.2) is 0 Å². The Balaban J connectivity index is 3.16. The first-order valence-electron chi connectivity index (χ1n) is 2.64. The van der Waals surface area contributed by atoms with E-state index in [1.165, 1.54) is 0 Å². The summed E-state index contributed by atoms with van der Waals surface area (Å²) in [6, 6.07) is 0. The summed E-state index contributed by atoms with van der Waals surface area (Å²) in [6.07, 6.45) is 2.50. The van der Waals surface area contributed by atoms with Gasteiger partial charge in [-0.25, -0.2) is 0 Å². The van der Waals surface area contributed by atoms with Crippen LogP contribution in [-0.2, 0) is 0 Å². The largest absolute Gasteiger partial charge is 0.684 e. The molecule has 2 N–H and O–H groups in total. The SMILES string of the molecule is CSCC[C@H](N)[PH+]([O-])[O-]. The van der Waals surface area contributed by atoms with E-state index < -0.39 is 14.2 Å². The van der Waals surface area contributed by atoms with Crippen LogP contribution < -0.4 is 15.5 Å². The quantitative estimate of drug-likeness (QED) is 0.534. The Kier molecular flexibility index (Phi) is 5.84. The van der Waals surface area contributed by atoms with Gasteiger partial charge < -0.3 is 9.79 Å². The Morgan fingerprint density at radius 1 is 1.67 bits per heavy atom. The molecule has 0 aromatic heterocycles. The lowest BCUT2D eigenvalue weighted by Gasteiger charge is -2.23. The van der Waals surface area contributed by atoms with Crippen molar-refractivity contribution in [3.05, 3.63) is 0 Å². The van der Waals surface area contributed by atoms with Crippen molar-refractivity contribution in [3.8, 4) is 0 Å². The fraction of sp³-hybridized carbons (Fsp3) is 1.00. The molecule has 0 aliphatic carbocycles. The lowest BCUT2D eigenvalue weighted by atomic mass is 10.5. The minimum Gasteiger partial charge on any atom is -0.684 e. The number of nitrogens with two attached hydrogens (primary N) is 1. The highest BCUT2D eigenvalue weighted by atomic mass is 32.2. The van der Waals surface area contributed by atoms with Gasteiger partial charge in [0, 0.05) is 6.42 Å². The van der Waals surface area contributed by atoms with Gasteiger partial charge in [0.05, 0.1) is 0 Å². The first-order chi connectivity index (χ1) is 4.18. The summed E-state index contributed by atoms with van der Waals surface area (Å²) in [5, 5.41) is 0. The zero-order valence-corrected chi connectivity index (χ0v) is 7.11. The molecule has 0 saturated heterocycles. The Hall–Kier alpha value is 0.660. The number of rotatable bonds is 4. The van der Waals surface area contributed by atoms with Gasteiger partial charge in [-0.05, 0) is 12.0 Å². The summed E-state index contributed by atoms with van der Waals surface area (Å²) in [5.41, 5.74) is 5.21. The molecule has 0 unspecified atom stereocenters. The molecule has 0 saturated carbocycles. The van der Waals surface area contributed by atoms with Crippen LogP contribution in [0.15, 0.2) is 0 Å². The fourth-order valence-electron chi connectivity index (χ4n) is 0.363. The van der Waals surface area contributed by atoms with Crippen LogP contribution in [0.4, 0.5) is 0 Å². The van der Waals surface area contributed by atoms with Crippen LogP contribution in [0.5, 0.6) is 0 Å². The third-order valence-electron chi connectivity index (χ3n) is 0.936. The Morgan fingerprint density at radius 3 is 2.56 bits per heavy atom. The zero-order valence-electron chi connectivity index (χ0n) is 5.29. The first-order valence-corrected chi connectivity index (χ1v) is 5.42. The van der Waals surface area contributed by atoms with Crippen molar-refractivity contribution in [1.29, 1.82) is 0 Å². The summed E-state index contributed by atoms with van der Waals surface area (Å²) in [5.74, 6) is 0.210. The highest BCUT2D eigenvalue weighted by Gasteiger charge is 2.02. The molecule has 0 radical (unpaired) electrons. The van der Waals surface area contributed by atoms with Crippen molar-refractivity contribution < 1.29 is 9.79 Å². The van der Waals surface area contributed by atoms with Gasteiger partial charge in [0.2, 0.25) is 0 Å². The summed E-state index contributed by atoms with van der Waals surface area (Å²) in [4.78, 5) is 20.3. The molecule has 0 heterocycles. The van der Waals surface area contributed by atoms with E-state index in [0.29, 0.717) is 6.42 Å². The van der Waals surface area contributed by atoms with E-state index in [9.17, 15) is 9.79 Å². The third kappa shape index (κ3) is 5.12. The standard InChI is InChI=1S/C4H11NO2PS/c1-9-3-2-4(5)8(6)7/h4,8H,2-3,5H2,1H3/q-1/t4-/m1/s1. The maximum atomic E-state index is 10.1. The van der Waals surface area contributed by atoms with Crippen LogP contribution in [0.1, 0.15) is 6.42 Å². The second-order valence-corrected chi connectivity index (χ2v) is 4.07. The van der Waals surface area contributed by atoms with E-state index in [4.69, 9.17) is 5.73 Å². The molecule has 0 aliphatic heterocycles. The summed E-state index contributed by atoms with van der Waals surface area (Å²) in [6.45, 7) is 0. The van der Waals surface area contributed by atoms with Gasteiger partial charge >= 0.3 is 0 Å². The molecule has 0 spiro atoms. The number of hydrogen-bond donors (Lipinski definition) is 1. The molecule has 0 aromatic carbocycles. The molecule has 0 aromatic rings. The molecule has 9 heavy (non-hydrogen) atoms. The van der Waals surface area contributed by atoms with E-state index in [2.05, 4.69) is 0 Å². The predicted molar refractivity (Wildman–Crippen MR) is 39.3 cm³/mol. The summed E-state index contributed by atoms with van der Waals surface area (Å²) < 4.78 is 0. The van der Waals surface area contributed by atoms with Crippen molar-refractivity contribution in [2.45, 2.75) is 12.2 Å². The fourth-order valence-corrected chi connectivity index (χ4v) is 1.44. The molecular weight excluding hydrogens is 157 g/mol. The molecule has 56 valence electrons. The van der Waals surface area contributed by atoms with Gasteiger partial charge in [-0.15, -0.1) is 0 Å². The Labute approximate surface area is 60.6 Å². The number of thioether (sulfide) groups is 1. The average molecular weight is 168 g/mol. The van der Waals surface area contributed by atoms with Gasteiger partial charge in [0.25, 0.3) is 0 Å². The van der Waals surface area contributed by atoms with Crippen LogP contribution in [0.2, 0.25) is 0 Å². The number of hydrogen-bond acceptors (Lipinski definition) is 4.